The van der Waals surface area contributed by atoms with Crippen molar-refractivity contribution in [3.05, 3.63) is 83.2 Å². The van der Waals surface area contributed by atoms with Crippen LogP contribution in [0.5, 0.6) is 6.01 Å². The van der Waals surface area contributed by atoms with Crippen molar-refractivity contribution in [1.29, 1.82) is 0 Å². The summed E-state index contributed by atoms with van der Waals surface area (Å²) in [5.74, 6) is 2.64. The molecule has 1 N–H and O–H groups in total. The van der Waals surface area contributed by atoms with Crippen LogP contribution in [0.3, 0.4) is 0 Å². The number of anilines is 3. The molecule has 2 fully saturated rings. The molecular formula is C40H45F2N7O3. The summed E-state index contributed by atoms with van der Waals surface area (Å²) in [5, 5.41) is 11.3. The van der Waals surface area contributed by atoms with Gasteiger partial charge in [0.2, 0.25) is 5.91 Å². The van der Waals surface area contributed by atoms with E-state index in [2.05, 4.69) is 22.4 Å². The van der Waals surface area contributed by atoms with E-state index in [4.69, 9.17) is 21.1 Å². The molecule has 0 radical (unpaired) electrons. The maximum absolute atomic E-state index is 15.1. The van der Waals surface area contributed by atoms with E-state index in [1.807, 2.05) is 46.9 Å². The molecule has 12 heteroatoms. The molecule has 7 rings (SSSR count). The molecule has 0 saturated carbocycles. The van der Waals surface area contributed by atoms with Gasteiger partial charge in [0.25, 0.3) is 0 Å². The van der Waals surface area contributed by atoms with Crippen LogP contribution in [0, 0.1) is 18.2 Å². The van der Waals surface area contributed by atoms with E-state index in [0.717, 1.165) is 35.4 Å². The number of aromatic nitrogens is 3. The van der Waals surface area contributed by atoms with Crippen molar-refractivity contribution < 1.29 is 23.4 Å². The molecule has 2 saturated heterocycles. The lowest BCUT2D eigenvalue weighted by molar-refractivity contribution is -0.126. The Labute approximate surface area is 303 Å². The zero-order valence-corrected chi connectivity index (χ0v) is 30.0. The van der Waals surface area contributed by atoms with Crippen molar-refractivity contribution >= 4 is 29.2 Å². The number of hydrogen-bond donors (Lipinski definition) is 1. The minimum atomic E-state index is -1.08. The second-order valence-corrected chi connectivity index (χ2v) is 15.0. The highest BCUT2D eigenvalue weighted by Crippen LogP contribution is 2.42. The van der Waals surface area contributed by atoms with E-state index < -0.39 is 23.1 Å². The SMILES string of the molecule is C#Cc1c(F)ccc2c1N(C1=Cc3nc(OC[C@]4(C)C[C@@H](F)CN4c4cccnc4)nc(N(C)C[C@@H]4CCCN4C(=O)C=C)c3CC1)C[C@](C)(O)C2. The summed E-state index contributed by atoms with van der Waals surface area (Å²) in [6.45, 7) is 9.21. The van der Waals surface area contributed by atoms with Gasteiger partial charge in [0.15, 0.2) is 0 Å². The van der Waals surface area contributed by atoms with Gasteiger partial charge in [-0.05, 0) is 75.4 Å². The van der Waals surface area contributed by atoms with Crippen LogP contribution in [-0.2, 0) is 17.6 Å². The molecule has 3 aromatic rings. The summed E-state index contributed by atoms with van der Waals surface area (Å²) in [4.78, 5) is 34.6. The van der Waals surface area contributed by atoms with Crippen molar-refractivity contribution in [3.8, 4) is 18.4 Å². The van der Waals surface area contributed by atoms with Crippen LogP contribution in [0.15, 0.2) is 55.0 Å². The van der Waals surface area contributed by atoms with Crippen LogP contribution in [-0.4, -0.2) is 94.1 Å². The van der Waals surface area contributed by atoms with Crippen LogP contribution in [0.4, 0.5) is 26.0 Å². The maximum atomic E-state index is 15.1. The number of nitrogens with zero attached hydrogens (tertiary/aromatic N) is 7. The van der Waals surface area contributed by atoms with Crippen LogP contribution >= 0.6 is 0 Å². The normalized spacial score (nSPS) is 25.2. The van der Waals surface area contributed by atoms with Crippen molar-refractivity contribution in [3.63, 3.8) is 0 Å². The lowest BCUT2D eigenvalue weighted by atomic mass is 9.86. The number of alkyl halides is 1. The first-order valence-electron chi connectivity index (χ1n) is 17.9. The number of likely N-dealkylation sites (tertiary alicyclic amines) is 1. The summed E-state index contributed by atoms with van der Waals surface area (Å²) in [7, 11) is 1.96. The van der Waals surface area contributed by atoms with Gasteiger partial charge in [-0.25, -0.2) is 8.78 Å². The van der Waals surface area contributed by atoms with Crippen molar-refractivity contribution in [2.24, 2.45) is 0 Å². The number of rotatable bonds is 9. The molecule has 4 aliphatic rings. The minimum absolute atomic E-state index is 0.0173. The molecule has 0 unspecified atom stereocenters. The molecule has 1 aliphatic carbocycles. The molecule has 4 atom stereocenters. The summed E-state index contributed by atoms with van der Waals surface area (Å²) < 4.78 is 36.5. The smallest absolute Gasteiger partial charge is 0.319 e. The zero-order valence-electron chi connectivity index (χ0n) is 30.0. The first-order chi connectivity index (χ1) is 24.9. The highest BCUT2D eigenvalue weighted by molar-refractivity contribution is 5.87. The van der Waals surface area contributed by atoms with Gasteiger partial charge >= 0.3 is 6.01 Å². The number of carbonyl (C=O) groups excluding carboxylic acids is 1. The molecule has 52 heavy (non-hydrogen) atoms. The number of ether oxygens (including phenoxy) is 1. The summed E-state index contributed by atoms with van der Waals surface area (Å²) in [5.41, 5.74) is 2.93. The number of benzene rings is 1. The quantitative estimate of drug-likeness (QED) is 0.241. The number of hydrogen-bond acceptors (Lipinski definition) is 9. The van der Waals surface area contributed by atoms with Gasteiger partial charge in [-0.1, -0.05) is 18.6 Å². The van der Waals surface area contributed by atoms with Gasteiger partial charge < -0.3 is 29.4 Å². The molecule has 0 spiro atoms. The number of carbonyl (C=O) groups is 1. The van der Waals surface area contributed by atoms with E-state index in [1.54, 1.807) is 25.4 Å². The molecule has 5 heterocycles. The van der Waals surface area contributed by atoms with Crippen molar-refractivity contribution in [2.45, 2.75) is 75.7 Å². The monoisotopic (exact) mass is 709 g/mol. The second kappa shape index (κ2) is 13.8. The Bertz CT molecular complexity index is 1950. The van der Waals surface area contributed by atoms with Crippen LogP contribution in [0.25, 0.3) is 6.08 Å². The predicted molar refractivity (Wildman–Crippen MR) is 198 cm³/mol. The largest absolute Gasteiger partial charge is 0.461 e. The van der Waals surface area contributed by atoms with Gasteiger partial charge in [0.1, 0.15) is 24.4 Å². The summed E-state index contributed by atoms with van der Waals surface area (Å²) in [6, 6.07) is 6.91. The van der Waals surface area contributed by atoms with Crippen LogP contribution in [0.2, 0.25) is 0 Å². The second-order valence-electron chi connectivity index (χ2n) is 15.0. The number of allylic oxidation sites excluding steroid dienone is 1. The lowest BCUT2D eigenvalue weighted by Gasteiger charge is -2.42. The molecule has 3 aliphatic heterocycles. The standard InChI is InChI=1S/C40H45F2N7O3/c1-6-31-33(42)15-12-26-19-40(4,51)24-48(36(26)31)28-13-14-32-34(18-28)44-38(45-37(32)46(5)23-30-11-9-17-47(30)35(50)7-2)52-25-39(3)20-27(41)22-49(39)29-10-8-16-43-21-29/h1,7-8,10,12,15-16,18,21,27,30,51H,2,9,11,13-14,17,19-20,22-25H2,3-5H3/t27-,30+,39+,40-/m1/s1. The average Bonchev–Trinajstić information content (AvgIpc) is 3.72. The Kier molecular flexibility index (Phi) is 9.42. The Morgan fingerprint density at radius 2 is 2.10 bits per heavy atom. The molecular weight excluding hydrogens is 664 g/mol. The maximum Gasteiger partial charge on any atom is 0.319 e. The number of pyridine rings is 1. The number of aliphatic hydroxyl groups is 1. The first kappa shape index (κ1) is 35.4. The number of fused-ring (bicyclic) bond motifs is 2. The number of likely N-dealkylation sites (N-methyl/N-ethyl adjacent to an activating group) is 1. The van der Waals surface area contributed by atoms with E-state index in [-0.39, 0.29) is 49.6 Å². The molecule has 2 aromatic heterocycles. The van der Waals surface area contributed by atoms with Gasteiger partial charge in [0.05, 0.1) is 53.1 Å². The molecule has 1 amide bonds. The van der Waals surface area contributed by atoms with Gasteiger partial charge in [-0.3, -0.25) is 9.78 Å². The van der Waals surface area contributed by atoms with Crippen molar-refractivity contribution in [2.75, 3.05) is 54.5 Å². The Hall–Kier alpha value is -5.02. The fraction of sp³-hybridized carbons (Fsp3) is 0.450. The molecule has 272 valence electrons. The first-order valence-corrected chi connectivity index (χ1v) is 17.9. The number of β-amino-alcohol motifs (C(OH)–C–C–N with tert-alkyl or cyclic N) is 1. The third-order valence-electron chi connectivity index (χ3n) is 10.8. The van der Waals surface area contributed by atoms with Crippen molar-refractivity contribution in [1.82, 2.24) is 19.9 Å². The van der Waals surface area contributed by atoms with Gasteiger partial charge in [0, 0.05) is 56.5 Å². The Morgan fingerprint density at radius 1 is 1.27 bits per heavy atom. The molecule has 1 aromatic carbocycles. The summed E-state index contributed by atoms with van der Waals surface area (Å²) >= 11 is 0. The van der Waals surface area contributed by atoms with Crippen LogP contribution in [0.1, 0.15) is 61.9 Å². The fourth-order valence-corrected chi connectivity index (χ4v) is 8.43. The van der Waals surface area contributed by atoms with E-state index in [9.17, 15) is 14.3 Å². The zero-order chi connectivity index (χ0) is 36.8. The van der Waals surface area contributed by atoms with Crippen LogP contribution < -0.4 is 19.4 Å². The third kappa shape index (κ3) is 6.70. The van der Waals surface area contributed by atoms with Gasteiger partial charge in [-0.15, -0.1) is 6.42 Å². The van der Waals surface area contributed by atoms with E-state index in [1.165, 1.54) is 12.1 Å². The number of terminal acetylenes is 1. The summed E-state index contributed by atoms with van der Waals surface area (Å²) in [6.07, 6.45) is 15.0. The minimum Gasteiger partial charge on any atom is -0.461 e. The van der Waals surface area contributed by atoms with E-state index >= 15 is 4.39 Å². The fourth-order valence-electron chi connectivity index (χ4n) is 8.43. The predicted octanol–water partition coefficient (Wildman–Crippen LogP) is 5.09. The highest BCUT2D eigenvalue weighted by atomic mass is 19.1. The molecule has 0 bridgehead atoms. The Balaban J connectivity index is 1.26. The lowest BCUT2D eigenvalue weighted by Crippen LogP contribution is -2.47. The van der Waals surface area contributed by atoms with Gasteiger partial charge in [-0.2, -0.15) is 9.97 Å². The topological polar surface area (TPSA) is 98.2 Å². The number of amides is 1. The molecule has 10 nitrogen and oxygen atoms in total. The third-order valence-corrected chi connectivity index (χ3v) is 10.8. The number of halogens is 2. The Morgan fingerprint density at radius 3 is 2.85 bits per heavy atom. The van der Waals surface area contributed by atoms with E-state index in [0.29, 0.717) is 49.6 Å². The average molecular weight is 710 g/mol. The highest BCUT2D eigenvalue weighted by Gasteiger charge is 2.44.